The average molecular weight is 400 g/mol. The van der Waals surface area contributed by atoms with Gasteiger partial charge in [0.15, 0.2) is 5.58 Å². The predicted octanol–water partition coefficient (Wildman–Crippen LogP) is 5.14. The van der Waals surface area contributed by atoms with Gasteiger partial charge in [-0.05, 0) is 55.3 Å². The van der Waals surface area contributed by atoms with Crippen LogP contribution in [0.15, 0.2) is 46.0 Å². The normalized spacial score (nSPS) is 10.7. The summed E-state index contributed by atoms with van der Waals surface area (Å²) in [6.07, 6.45) is 0.269. The molecule has 5 nitrogen and oxygen atoms in total. The molecule has 0 atom stereocenters. The molecule has 0 fully saturated rings. The van der Waals surface area contributed by atoms with Crippen molar-refractivity contribution in [2.24, 2.45) is 0 Å². The number of halogens is 1. The van der Waals surface area contributed by atoms with Crippen LogP contribution in [0.1, 0.15) is 17.5 Å². The second-order valence-electron chi connectivity index (χ2n) is 6.18. The molecule has 1 aromatic heterocycles. The number of hydrogen-bond acceptors (Lipinski definition) is 5. The van der Waals surface area contributed by atoms with E-state index in [-0.39, 0.29) is 18.1 Å². The average Bonchev–Trinajstić information content (AvgIpc) is 3.01. The highest BCUT2D eigenvalue weighted by Crippen LogP contribution is 2.27. The third-order valence-electron chi connectivity index (χ3n) is 3.92. The maximum Gasteiger partial charge on any atom is 0.257 e. The Kier molecular flexibility index (Phi) is 6.04. The summed E-state index contributed by atoms with van der Waals surface area (Å²) in [6, 6.07) is 13.3. The summed E-state index contributed by atoms with van der Waals surface area (Å²) < 4.78 is 5.65. The maximum absolute atomic E-state index is 12.8. The molecule has 0 radical (unpaired) electrons. The Labute approximate surface area is 166 Å². The molecule has 3 aromatic rings. The number of hydrogen-bond donors (Lipinski definition) is 0. The van der Waals surface area contributed by atoms with Gasteiger partial charge in [-0.3, -0.25) is 4.79 Å². The van der Waals surface area contributed by atoms with E-state index in [1.165, 1.54) is 11.8 Å². The van der Waals surface area contributed by atoms with E-state index < -0.39 is 0 Å². The lowest BCUT2D eigenvalue weighted by Crippen LogP contribution is -2.33. The number of benzene rings is 2. The van der Waals surface area contributed by atoms with Crippen LogP contribution in [0.3, 0.4) is 0 Å². The Morgan fingerprint density at radius 3 is 2.70 bits per heavy atom. The van der Waals surface area contributed by atoms with Crippen molar-refractivity contribution in [2.45, 2.75) is 25.5 Å². The van der Waals surface area contributed by atoms with E-state index in [9.17, 15) is 4.79 Å². The summed E-state index contributed by atoms with van der Waals surface area (Å²) in [4.78, 5) is 18.8. The molecule has 0 bridgehead atoms. The van der Waals surface area contributed by atoms with Crippen LogP contribution in [0.25, 0.3) is 11.1 Å². The Balaban J connectivity index is 1.76. The van der Waals surface area contributed by atoms with Crippen molar-refractivity contribution in [3.63, 3.8) is 0 Å². The van der Waals surface area contributed by atoms with Crippen molar-refractivity contribution in [1.29, 1.82) is 5.26 Å². The van der Waals surface area contributed by atoms with E-state index in [1.807, 2.05) is 26.0 Å². The molecule has 0 aliphatic carbocycles. The standard InChI is InChI=1S/C20H18ClN3O2S/c1-13-8-14(2)10-16(9-13)24(7-3-6-22)19(25)12-27-20-23-17-11-15(21)4-5-18(17)26-20/h4-5,8-11H,3,7,12H2,1-2H3. The summed E-state index contributed by atoms with van der Waals surface area (Å²) in [5, 5.41) is 9.94. The predicted molar refractivity (Wildman–Crippen MR) is 108 cm³/mol. The number of nitrogens with zero attached hydrogens (tertiary/aromatic N) is 3. The van der Waals surface area contributed by atoms with Gasteiger partial charge >= 0.3 is 0 Å². The Morgan fingerprint density at radius 2 is 2.00 bits per heavy atom. The van der Waals surface area contributed by atoms with E-state index in [2.05, 4.69) is 17.1 Å². The number of fused-ring (bicyclic) bond motifs is 1. The van der Waals surface area contributed by atoms with Crippen LogP contribution >= 0.6 is 23.4 Å². The zero-order valence-corrected chi connectivity index (χ0v) is 16.6. The highest BCUT2D eigenvalue weighted by molar-refractivity contribution is 7.99. The molecule has 0 saturated heterocycles. The minimum atomic E-state index is -0.0967. The van der Waals surface area contributed by atoms with Crippen LogP contribution in [0.5, 0.6) is 0 Å². The fourth-order valence-electron chi connectivity index (χ4n) is 2.81. The number of oxazole rings is 1. The molecule has 138 valence electrons. The molecule has 0 saturated carbocycles. The van der Waals surface area contributed by atoms with Gasteiger partial charge in [-0.1, -0.05) is 29.4 Å². The molecule has 0 spiro atoms. The van der Waals surface area contributed by atoms with E-state index in [0.717, 1.165) is 16.8 Å². The molecular formula is C20H18ClN3O2S. The van der Waals surface area contributed by atoms with E-state index in [1.54, 1.807) is 23.1 Å². The molecular weight excluding hydrogens is 382 g/mol. The van der Waals surface area contributed by atoms with Gasteiger partial charge in [0.25, 0.3) is 5.22 Å². The first-order valence-electron chi connectivity index (χ1n) is 8.41. The molecule has 7 heteroatoms. The lowest BCUT2D eigenvalue weighted by molar-refractivity contribution is -0.116. The monoisotopic (exact) mass is 399 g/mol. The van der Waals surface area contributed by atoms with Crippen molar-refractivity contribution in [2.75, 3.05) is 17.2 Å². The van der Waals surface area contributed by atoms with E-state index in [0.29, 0.717) is 27.9 Å². The smallest absolute Gasteiger partial charge is 0.257 e. The van der Waals surface area contributed by atoms with Crippen LogP contribution in [0.2, 0.25) is 5.02 Å². The highest BCUT2D eigenvalue weighted by Gasteiger charge is 2.18. The van der Waals surface area contributed by atoms with E-state index >= 15 is 0 Å². The Bertz CT molecular complexity index is 1010. The molecule has 1 heterocycles. The number of thioether (sulfide) groups is 1. The second kappa shape index (κ2) is 8.47. The number of carbonyl (C=O) groups excluding carboxylic acids is 1. The summed E-state index contributed by atoms with van der Waals surface area (Å²) in [5.74, 6) is 0.0689. The van der Waals surface area contributed by atoms with Crippen molar-refractivity contribution in [1.82, 2.24) is 4.98 Å². The van der Waals surface area contributed by atoms with Crippen molar-refractivity contribution in [3.8, 4) is 6.07 Å². The van der Waals surface area contributed by atoms with Crippen LogP contribution in [-0.2, 0) is 4.79 Å². The lowest BCUT2D eigenvalue weighted by atomic mass is 10.1. The van der Waals surface area contributed by atoms with Gasteiger partial charge in [-0.2, -0.15) is 5.26 Å². The van der Waals surface area contributed by atoms with Crippen LogP contribution in [-0.4, -0.2) is 23.2 Å². The number of nitriles is 1. The number of aryl methyl sites for hydroxylation is 2. The molecule has 3 rings (SSSR count). The summed E-state index contributed by atoms with van der Waals surface area (Å²) in [5.41, 5.74) is 4.24. The van der Waals surface area contributed by atoms with Gasteiger partial charge in [0.1, 0.15) is 5.52 Å². The third-order valence-corrected chi connectivity index (χ3v) is 4.96. The van der Waals surface area contributed by atoms with Crippen LogP contribution in [0, 0.1) is 25.2 Å². The molecule has 2 aromatic carbocycles. The SMILES string of the molecule is Cc1cc(C)cc(N(CCC#N)C(=O)CSc2nc3cc(Cl)ccc3o2)c1. The minimum Gasteiger partial charge on any atom is -0.431 e. The lowest BCUT2D eigenvalue weighted by Gasteiger charge is -2.22. The fraction of sp³-hybridized carbons (Fsp3) is 0.250. The van der Waals surface area contributed by atoms with Gasteiger partial charge in [0.2, 0.25) is 5.91 Å². The molecule has 0 unspecified atom stereocenters. The van der Waals surface area contributed by atoms with Crippen LogP contribution in [0.4, 0.5) is 5.69 Å². The van der Waals surface area contributed by atoms with Gasteiger partial charge in [-0.25, -0.2) is 4.98 Å². The number of amides is 1. The quantitative estimate of drug-likeness (QED) is 0.537. The summed E-state index contributed by atoms with van der Waals surface area (Å²) in [6.45, 7) is 4.32. The molecule has 27 heavy (non-hydrogen) atoms. The number of rotatable bonds is 6. The topological polar surface area (TPSA) is 70.1 Å². The van der Waals surface area contributed by atoms with Gasteiger partial charge in [0.05, 0.1) is 18.2 Å². The van der Waals surface area contributed by atoms with Crippen molar-refractivity contribution < 1.29 is 9.21 Å². The van der Waals surface area contributed by atoms with Gasteiger partial charge in [-0.15, -0.1) is 0 Å². The van der Waals surface area contributed by atoms with Crippen molar-refractivity contribution >= 4 is 46.1 Å². The first kappa shape index (κ1) is 19.3. The largest absolute Gasteiger partial charge is 0.431 e. The fourth-order valence-corrected chi connectivity index (χ4v) is 3.69. The summed E-state index contributed by atoms with van der Waals surface area (Å²) in [7, 11) is 0. The first-order chi connectivity index (χ1) is 13.0. The Hall–Kier alpha value is -2.49. The minimum absolute atomic E-state index is 0.0967. The zero-order valence-electron chi connectivity index (χ0n) is 15.0. The highest BCUT2D eigenvalue weighted by atomic mass is 35.5. The van der Waals surface area contributed by atoms with Crippen LogP contribution < -0.4 is 4.90 Å². The third kappa shape index (κ3) is 4.82. The zero-order chi connectivity index (χ0) is 19.4. The first-order valence-corrected chi connectivity index (χ1v) is 9.77. The molecule has 0 aliphatic heterocycles. The number of carbonyl (C=O) groups is 1. The van der Waals surface area contributed by atoms with E-state index in [4.69, 9.17) is 21.3 Å². The van der Waals surface area contributed by atoms with Gasteiger partial charge < -0.3 is 9.32 Å². The van der Waals surface area contributed by atoms with Gasteiger partial charge in [0, 0.05) is 17.3 Å². The Morgan fingerprint density at radius 1 is 1.26 bits per heavy atom. The summed E-state index contributed by atoms with van der Waals surface area (Å²) >= 11 is 7.19. The maximum atomic E-state index is 12.8. The van der Waals surface area contributed by atoms with Crippen molar-refractivity contribution in [3.05, 3.63) is 52.5 Å². The second-order valence-corrected chi connectivity index (χ2v) is 7.54. The molecule has 1 amide bonds. The number of aromatic nitrogens is 1. The number of anilines is 1. The molecule has 0 N–H and O–H groups in total. The molecule has 0 aliphatic rings.